The summed E-state index contributed by atoms with van der Waals surface area (Å²) in [7, 11) is -2.28. The fraction of sp³-hybridized carbons (Fsp3) is 0.133. The van der Waals surface area contributed by atoms with Gasteiger partial charge >= 0.3 is 5.97 Å². The normalized spacial score (nSPS) is 12.0. The molecular weight excluding hydrogens is 587 g/mol. The van der Waals surface area contributed by atoms with Crippen LogP contribution in [-0.4, -0.2) is 38.6 Å². The summed E-state index contributed by atoms with van der Waals surface area (Å²) in [5, 5.41) is 12.7. The molecule has 1 amide bonds. The Kier molecular flexibility index (Phi) is 9.67. The van der Waals surface area contributed by atoms with Crippen molar-refractivity contribution in [1.82, 2.24) is 10.0 Å². The Balaban J connectivity index is 1.38. The smallest absolute Gasteiger partial charge is 0.326 e. The number of nitrogens with one attached hydrogen (secondary N) is 2. The van der Waals surface area contributed by atoms with Crippen molar-refractivity contribution in [1.29, 1.82) is 0 Å². The number of para-hydroxylation sites is 1. The number of halogens is 2. The molecule has 4 rings (SSSR count). The van der Waals surface area contributed by atoms with E-state index < -0.39 is 27.9 Å². The number of sulfonamides is 1. The van der Waals surface area contributed by atoms with E-state index in [4.69, 9.17) is 27.9 Å². The van der Waals surface area contributed by atoms with Crippen molar-refractivity contribution in [2.75, 3.05) is 7.11 Å². The van der Waals surface area contributed by atoms with E-state index in [9.17, 15) is 23.1 Å². The van der Waals surface area contributed by atoms with E-state index in [1.54, 1.807) is 19.2 Å². The summed E-state index contributed by atoms with van der Waals surface area (Å²) >= 11 is 11.8. The second kappa shape index (κ2) is 13.2. The van der Waals surface area contributed by atoms with E-state index >= 15 is 0 Å². The average Bonchev–Trinajstić information content (AvgIpc) is 2.96. The Hall–Kier alpha value is -3.89. The van der Waals surface area contributed by atoms with Gasteiger partial charge in [-0.3, -0.25) is 4.79 Å². The number of carbonyl (C=O) groups excluding carboxylic acids is 1. The fourth-order valence-electron chi connectivity index (χ4n) is 4.10. The second-order valence-electron chi connectivity index (χ2n) is 9.09. The number of methoxy groups -OCH3 is 1. The van der Waals surface area contributed by atoms with Crippen molar-refractivity contribution in [3.8, 4) is 16.9 Å². The highest BCUT2D eigenvalue weighted by molar-refractivity contribution is 7.89. The monoisotopic (exact) mass is 612 g/mol. The van der Waals surface area contributed by atoms with Crippen LogP contribution in [0.1, 0.15) is 21.5 Å². The van der Waals surface area contributed by atoms with Crippen LogP contribution in [0.3, 0.4) is 0 Å². The molecule has 0 heterocycles. The minimum absolute atomic E-state index is 0.0447. The van der Waals surface area contributed by atoms with Crippen molar-refractivity contribution in [2.45, 2.75) is 23.9 Å². The molecule has 41 heavy (non-hydrogen) atoms. The Morgan fingerprint density at radius 2 is 1.49 bits per heavy atom. The lowest BCUT2D eigenvalue weighted by Gasteiger charge is -2.16. The van der Waals surface area contributed by atoms with Gasteiger partial charge in [0.05, 0.1) is 12.0 Å². The summed E-state index contributed by atoms with van der Waals surface area (Å²) < 4.78 is 33.0. The quantitative estimate of drug-likeness (QED) is 0.203. The lowest BCUT2D eigenvalue weighted by atomic mass is 10.00. The van der Waals surface area contributed by atoms with Gasteiger partial charge in [0.15, 0.2) is 0 Å². The zero-order chi connectivity index (χ0) is 29.6. The molecule has 0 spiro atoms. The maximum absolute atomic E-state index is 12.8. The molecule has 0 aromatic heterocycles. The molecule has 1 atom stereocenters. The predicted molar refractivity (Wildman–Crippen MR) is 158 cm³/mol. The number of benzene rings is 4. The van der Waals surface area contributed by atoms with Gasteiger partial charge in [-0.05, 0) is 53.1 Å². The fourth-order valence-corrected chi connectivity index (χ4v) is 5.84. The van der Waals surface area contributed by atoms with Crippen molar-refractivity contribution >= 4 is 45.1 Å². The molecule has 3 N–H and O–H groups in total. The minimum atomic E-state index is -3.88. The molecule has 8 nitrogen and oxygen atoms in total. The van der Waals surface area contributed by atoms with Gasteiger partial charge in [-0.1, -0.05) is 77.8 Å². The molecule has 212 valence electrons. The van der Waals surface area contributed by atoms with Gasteiger partial charge in [-0.2, -0.15) is 0 Å². The third kappa shape index (κ3) is 7.86. The summed E-state index contributed by atoms with van der Waals surface area (Å²) in [6, 6.07) is 24.0. The molecule has 0 aliphatic carbocycles. The van der Waals surface area contributed by atoms with Crippen LogP contribution in [0.4, 0.5) is 0 Å². The molecule has 0 aliphatic heterocycles. The van der Waals surface area contributed by atoms with Crippen LogP contribution in [-0.2, 0) is 27.8 Å². The highest BCUT2D eigenvalue weighted by Gasteiger charge is 2.22. The summed E-state index contributed by atoms with van der Waals surface area (Å²) in [6.07, 6.45) is 0.0840. The molecule has 11 heteroatoms. The van der Waals surface area contributed by atoms with Gasteiger partial charge in [0.2, 0.25) is 10.0 Å². The summed E-state index contributed by atoms with van der Waals surface area (Å²) in [5.74, 6) is -1.01. The first-order valence-corrected chi connectivity index (χ1v) is 14.6. The highest BCUT2D eigenvalue weighted by atomic mass is 35.5. The van der Waals surface area contributed by atoms with E-state index in [1.165, 1.54) is 30.3 Å². The minimum Gasteiger partial charge on any atom is -0.496 e. The third-order valence-corrected chi connectivity index (χ3v) is 8.06. The maximum Gasteiger partial charge on any atom is 0.326 e. The summed E-state index contributed by atoms with van der Waals surface area (Å²) in [6.45, 7) is -0.0447. The highest BCUT2D eigenvalue weighted by Crippen LogP contribution is 2.29. The van der Waals surface area contributed by atoms with Gasteiger partial charge in [0, 0.05) is 34.1 Å². The van der Waals surface area contributed by atoms with Crippen molar-refractivity contribution in [2.24, 2.45) is 0 Å². The molecule has 0 aliphatic rings. The van der Waals surface area contributed by atoms with Gasteiger partial charge in [0.25, 0.3) is 5.91 Å². The van der Waals surface area contributed by atoms with Crippen LogP contribution in [0.25, 0.3) is 11.1 Å². The van der Waals surface area contributed by atoms with Crippen LogP contribution >= 0.6 is 23.2 Å². The molecule has 4 aromatic rings. The topological polar surface area (TPSA) is 122 Å². The van der Waals surface area contributed by atoms with E-state index in [1.807, 2.05) is 48.5 Å². The zero-order valence-corrected chi connectivity index (χ0v) is 24.1. The largest absolute Gasteiger partial charge is 0.496 e. The van der Waals surface area contributed by atoms with Crippen LogP contribution in [0.15, 0.2) is 95.9 Å². The first kappa shape index (κ1) is 30.1. The van der Waals surface area contributed by atoms with E-state index in [-0.39, 0.29) is 33.5 Å². The first-order valence-electron chi connectivity index (χ1n) is 12.4. The average molecular weight is 614 g/mol. The number of aliphatic carboxylic acids is 1. The van der Waals surface area contributed by atoms with Crippen molar-refractivity contribution < 1.29 is 27.9 Å². The first-order chi connectivity index (χ1) is 19.6. The lowest BCUT2D eigenvalue weighted by Crippen LogP contribution is -2.42. The van der Waals surface area contributed by atoms with Crippen LogP contribution < -0.4 is 14.8 Å². The Bertz CT molecular complexity index is 1640. The molecule has 0 saturated carbocycles. The second-order valence-corrected chi connectivity index (χ2v) is 11.7. The maximum atomic E-state index is 12.8. The van der Waals surface area contributed by atoms with Gasteiger partial charge in [0.1, 0.15) is 11.8 Å². The van der Waals surface area contributed by atoms with Gasteiger partial charge in [-0.25, -0.2) is 17.9 Å². The summed E-state index contributed by atoms with van der Waals surface area (Å²) in [4.78, 5) is 24.7. The van der Waals surface area contributed by atoms with Crippen molar-refractivity contribution in [3.63, 3.8) is 0 Å². The van der Waals surface area contributed by atoms with Crippen LogP contribution in [0.5, 0.6) is 5.75 Å². The van der Waals surface area contributed by atoms with Gasteiger partial charge < -0.3 is 15.2 Å². The molecule has 0 saturated heterocycles. The SMILES string of the molecule is COc1ccccc1-c1ccc(C[C@H](NC(=O)c2ccc(CNS(=O)(=O)c3cc(Cl)cc(Cl)c3)cc2)C(=O)O)cc1. The number of carboxylic acids is 1. The predicted octanol–water partition coefficient (Wildman–Crippen LogP) is 5.57. The number of carboxylic acid groups (broad SMARTS) is 1. The van der Waals surface area contributed by atoms with E-state index in [2.05, 4.69) is 10.0 Å². The molecular formula is C30H26Cl2N2O6S. The molecule has 0 unspecified atom stereocenters. The van der Waals surface area contributed by atoms with Gasteiger partial charge in [-0.15, -0.1) is 0 Å². The standard InChI is InChI=1S/C30H26Cl2N2O6S/c1-40-28-5-3-2-4-26(28)21-10-6-19(7-11-21)14-27(30(36)37)34-29(35)22-12-8-20(9-13-22)18-33-41(38,39)25-16-23(31)15-24(32)17-25/h2-13,15-17,27,33H,14,18H2,1H3,(H,34,35)(H,36,37)/t27-/m0/s1. The number of rotatable bonds is 11. The van der Waals surface area contributed by atoms with Crippen molar-refractivity contribution in [3.05, 3.63) is 118 Å². The molecule has 0 bridgehead atoms. The number of amides is 1. The Morgan fingerprint density at radius 3 is 2.10 bits per heavy atom. The number of hydrogen-bond donors (Lipinski definition) is 3. The van der Waals surface area contributed by atoms with E-state index in [0.717, 1.165) is 22.4 Å². The van der Waals surface area contributed by atoms with E-state index in [0.29, 0.717) is 5.56 Å². The molecule has 0 radical (unpaired) electrons. The number of ether oxygens (including phenoxy) is 1. The Labute approximate surface area is 247 Å². The number of carbonyl (C=O) groups is 2. The number of hydrogen-bond acceptors (Lipinski definition) is 5. The Morgan fingerprint density at radius 1 is 0.878 bits per heavy atom. The molecule has 0 fully saturated rings. The lowest BCUT2D eigenvalue weighted by molar-refractivity contribution is -0.139. The summed E-state index contributed by atoms with van der Waals surface area (Å²) in [5.41, 5.74) is 3.38. The third-order valence-electron chi connectivity index (χ3n) is 6.24. The van der Waals surface area contributed by atoms with Crippen LogP contribution in [0.2, 0.25) is 10.0 Å². The molecule has 4 aromatic carbocycles. The van der Waals surface area contributed by atoms with Crippen LogP contribution in [0, 0.1) is 0 Å². The zero-order valence-electron chi connectivity index (χ0n) is 21.8.